The standard InChI is InChI=1S/C14H21FN2O3/c1-10-12(15)8-11(9-13(10)16)14(18)17(4-6-19-2)5-7-20-3/h8-9H,4-7,16H2,1-3H3. The lowest BCUT2D eigenvalue weighted by atomic mass is 10.1. The fourth-order valence-corrected chi connectivity index (χ4v) is 1.72. The number of hydrogen-bond donors (Lipinski definition) is 1. The Bertz CT molecular complexity index is 435. The molecule has 0 aliphatic rings. The molecule has 0 spiro atoms. The predicted molar refractivity (Wildman–Crippen MR) is 75.2 cm³/mol. The molecule has 0 atom stereocenters. The van der Waals surface area contributed by atoms with Crippen LogP contribution in [0.25, 0.3) is 0 Å². The lowest BCUT2D eigenvalue weighted by Crippen LogP contribution is -2.36. The van der Waals surface area contributed by atoms with Crippen LogP contribution < -0.4 is 5.73 Å². The van der Waals surface area contributed by atoms with Crippen LogP contribution in [-0.4, -0.2) is 51.3 Å². The molecule has 2 N–H and O–H groups in total. The molecule has 0 fully saturated rings. The Kier molecular flexibility index (Phi) is 6.41. The van der Waals surface area contributed by atoms with Crippen LogP contribution in [0.1, 0.15) is 15.9 Å². The molecule has 1 rings (SSSR count). The summed E-state index contributed by atoms with van der Waals surface area (Å²) < 4.78 is 23.6. The van der Waals surface area contributed by atoms with E-state index in [4.69, 9.17) is 15.2 Å². The van der Waals surface area contributed by atoms with Crippen LogP contribution in [-0.2, 0) is 9.47 Å². The first-order valence-corrected chi connectivity index (χ1v) is 6.34. The van der Waals surface area contributed by atoms with Gasteiger partial charge in [-0.1, -0.05) is 0 Å². The van der Waals surface area contributed by atoms with Crippen molar-refractivity contribution in [1.29, 1.82) is 0 Å². The molecule has 112 valence electrons. The number of methoxy groups -OCH3 is 2. The number of halogens is 1. The third-order valence-corrected chi connectivity index (χ3v) is 3.05. The lowest BCUT2D eigenvalue weighted by molar-refractivity contribution is 0.0627. The first-order chi connectivity index (χ1) is 9.51. The van der Waals surface area contributed by atoms with Crippen LogP contribution in [0.3, 0.4) is 0 Å². The summed E-state index contributed by atoms with van der Waals surface area (Å²) in [5.74, 6) is -0.767. The summed E-state index contributed by atoms with van der Waals surface area (Å²) >= 11 is 0. The molecule has 6 heteroatoms. The smallest absolute Gasteiger partial charge is 0.254 e. The second-order valence-electron chi connectivity index (χ2n) is 4.45. The Morgan fingerprint density at radius 1 is 1.25 bits per heavy atom. The average Bonchev–Trinajstić information content (AvgIpc) is 2.43. The minimum absolute atomic E-state index is 0.234. The molecule has 0 bridgehead atoms. The molecule has 1 amide bonds. The molecule has 20 heavy (non-hydrogen) atoms. The third-order valence-electron chi connectivity index (χ3n) is 3.05. The third kappa shape index (κ3) is 4.18. The second-order valence-corrected chi connectivity index (χ2v) is 4.45. The summed E-state index contributed by atoms with van der Waals surface area (Å²) in [6.07, 6.45) is 0. The topological polar surface area (TPSA) is 64.8 Å². The summed E-state index contributed by atoms with van der Waals surface area (Å²) in [4.78, 5) is 13.9. The van der Waals surface area contributed by atoms with Crippen molar-refractivity contribution in [3.8, 4) is 0 Å². The summed E-state index contributed by atoms with van der Waals surface area (Å²) in [5, 5.41) is 0. The van der Waals surface area contributed by atoms with Gasteiger partial charge in [0.2, 0.25) is 0 Å². The van der Waals surface area contributed by atoms with Crippen molar-refractivity contribution in [3.63, 3.8) is 0 Å². The number of ether oxygens (including phenoxy) is 2. The van der Waals surface area contributed by atoms with Crippen LogP contribution in [0.15, 0.2) is 12.1 Å². The zero-order valence-electron chi connectivity index (χ0n) is 12.1. The van der Waals surface area contributed by atoms with Gasteiger partial charge >= 0.3 is 0 Å². The van der Waals surface area contributed by atoms with E-state index in [-0.39, 0.29) is 17.2 Å². The van der Waals surface area contributed by atoms with Crippen molar-refractivity contribution < 1.29 is 18.7 Å². The Labute approximate surface area is 118 Å². The molecule has 5 nitrogen and oxygen atoms in total. The van der Waals surface area contributed by atoms with Crippen molar-refractivity contribution in [2.24, 2.45) is 0 Å². The van der Waals surface area contributed by atoms with Gasteiger partial charge in [-0.05, 0) is 19.1 Å². The molecule has 0 heterocycles. The SMILES string of the molecule is COCCN(CCOC)C(=O)c1cc(N)c(C)c(F)c1. The van der Waals surface area contributed by atoms with E-state index < -0.39 is 5.82 Å². The fourth-order valence-electron chi connectivity index (χ4n) is 1.72. The highest BCUT2D eigenvalue weighted by atomic mass is 19.1. The van der Waals surface area contributed by atoms with E-state index in [9.17, 15) is 9.18 Å². The van der Waals surface area contributed by atoms with Crippen molar-refractivity contribution in [2.75, 3.05) is 46.3 Å². The fraction of sp³-hybridized carbons (Fsp3) is 0.500. The molecule has 0 aliphatic carbocycles. The van der Waals surface area contributed by atoms with E-state index in [0.717, 1.165) is 0 Å². The maximum absolute atomic E-state index is 13.7. The molecule has 0 saturated heterocycles. The number of nitrogen functional groups attached to an aromatic ring is 1. The summed E-state index contributed by atoms with van der Waals surface area (Å²) in [6, 6.07) is 2.70. The highest BCUT2D eigenvalue weighted by molar-refractivity contribution is 5.95. The van der Waals surface area contributed by atoms with E-state index in [0.29, 0.717) is 31.9 Å². The Hall–Kier alpha value is -1.66. The van der Waals surface area contributed by atoms with Gasteiger partial charge in [0.1, 0.15) is 5.82 Å². The number of rotatable bonds is 7. The van der Waals surface area contributed by atoms with Crippen LogP contribution in [0.4, 0.5) is 10.1 Å². The quantitative estimate of drug-likeness (QED) is 0.770. The van der Waals surface area contributed by atoms with Gasteiger partial charge in [-0.3, -0.25) is 4.79 Å². The van der Waals surface area contributed by atoms with E-state index in [1.54, 1.807) is 26.0 Å². The number of benzene rings is 1. The number of nitrogens with two attached hydrogens (primary N) is 1. The normalized spacial score (nSPS) is 10.6. The molecule has 0 unspecified atom stereocenters. The van der Waals surface area contributed by atoms with Gasteiger partial charge in [-0.2, -0.15) is 0 Å². The number of carbonyl (C=O) groups is 1. The highest BCUT2D eigenvalue weighted by Crippen LogP contribution is 2.18. The molecule has 1 aromatic carbocycles. The van der Waals surface area contributed by atoms with E-state index in [1.165, 1.54) is 12.1 Å². The van der Waals surface area contributed by atoms with Crippen LogP contribution >= 0.6 is 0 Å². The molecule has 1 aromatic rings. The summed E-state index contributed by atoms with van der Waals surface area (Å²) in [5.41, 5.74) is 6.55. The van der Waals surface area contributed by atoms with E-state index in [2.05, 4.69) is 0 Å². The largest absolute Gasteiger partial charge is 0.398 e. The molecular formula is C14H21FN2O3. The van der Waals surface area contributed by atoms with Crippen LogP contribution in [0.2, 0.25) is 0 Å². The number of nitrogens with zero attached hydrogens (tertiary/aromatic N) is 1. The van der Waals surface area contributed by atoms with Crippen molar-refractivity contribution >= 4 is 11.6 Å². The van der Waals surface area contributed by atoms with Gasteiger partial charge in [0, 0.05) is 44.1 Å². The van der Waals surface area contributed by atoms with Crippen LogP contribution in [0, 0.1) is 12.7 Å². The minimum atomic E-state index is -0.480. The zero-order chi connectivity index (χ0) is 15.1. The zero-order valence-corrected chi connectivity index (χ0v) is 12.1. The molecular weight excluding hydrogens is 263 g/mol. The van der Waals surface area contributed by atoms with Crippen molar-refractivity contribution in [1.82, 2.24) is 4.90 Å². The van der Waals surface area contributed by atoms with E-state index >= 15 is 0 Å². The number of anilines is 1. The van der Waals surface area contributed by atoms with Crippen molar-refractivity contribution in [2.45, 2.75) is 6.92 Å². The van der Waals surface area contributed by atoms with Crippen molar-refractivity contribution in [3.05, 3.63) is 29.1 Å². The van der Waals surface area contributed by atoms with Crippen LogP contribution in [0.5, 0.6) is 0 Å². The molecule has 0 aromatic heterocycles. The highest BCUT2D eigenvalue weighted by Gasteiger charge is 2.17. The minimum Gasteiger partial charge on any atom is -0.398 e. The molecule has 0 radical (unpaired) electrons. The second kappa shape index (κ2) is 7.81. The molecule has 0 aliphatic heterocycles. The summed E-state index contributed by atoms with van der Waals surface area (Å²) in [7, 11) is 3.12. The number of hydrogen-bond acceptors (Lipinski definition) is 4. The maximum atomic E-state index is 13.7. The number of amides is 1. The lowest BCUT2D eigenvalue weighted by Gasteiger charge is -2.22. The Morgan fingerprint density at radius 2 is 1.80 bits per heavy atom. The Balaban J connectivity index is 2.92. The number of carbonyl (C=O) groups excluding carboxylic acids is 1. The first kappa shape index (κ1) is 16.4. The van der Waals surface area contributed by atoms with E-state index in [1.807, 2.05) is 0 Å². The molecule has 0 saturated carbocycles. The van der Waals surface area contributed by atoms with Gasteiger partial charge in [0.05, 0.1) is 13.2 Å². The summed E-state index contributed by atoms with van der Waals surface area (Å²) in [6.45, 7) is 3.20. The van der Waals surface area contributed by atoms with Gasteiger partial charge < -0.3 is 20.1 Å². The van der Waals surface area contributed by atoms with Gasteiger partial charge in [0.25, 0.3) is 5.91 Å². The van der Waals surface area contributed by atoms with Gasteiger partial charge in [-0.15, -0.1) is 0 Å². The van der Waals surface area contributed by atoms with Gasteiger partial charge in [0.15, 0.2) is 0 Å². The predicted octanol–water partition coefficient (Wildman–Crippen LogP) is 1.45. The average molecular weight is 284 g/mol. The first-order valence-electron chi connectivity index (χ1n) is 6.34. The van der Waals surface area contributed by atoms with Gasteiger partial charge in [-0.25, -0.2) is 4.39 Å². The Morgan fingerprint density at radius 3 is 2.25 bits per heavy atom. The maximum Gasteiger partial charge on any atom is 0.254 e. The monoisotopic (exact) mass is 284 g/mol.